The number of nitrogens with zero attached hydrogens (tertiary/aromatic N) is 5. The van der Waals surface area contributed by atoms with Crippen LogP contribution in [0, 0.1) is 13.8 Å². The van der Waals surface area contributed by atoms with E-state index in [4.69, 9.17) is 11.6 Å². The van der Waals surface area contributed by atoms with Gasteiger partial charge in [-0.25, -0.2) is 14.2 Å². The van der Waals surface area contributed by atoms with Gasteiger partial charge in [-0.2, -0.15) is 10.2 Å². The van der Waals surface area contributed by atoms with Crippen LogP contribution < -0.4 is 5.32 Å². The number of aromatic nitrogens is 5. The summed E-state index contributed by atoms with van der Waals surface area (Å²) in [5.74, 6) is 0.649. The summed E-state index contributed by atoms with van der Waals surface area (Å²) >= 11 is 6.15. The minimum atomic E-state index is -0.989. The molecule has 0 radical (unpaired) electrons. The molecule has 8 heteroatoms. The number of aryl methyl sites for hydroxylation is 2. The number of fused-ring (bicyclic) bond motifs is 1. The quantitative estimate of drug-likeness (QED) is 0.540. The molecule has 132 valence electrons. The molecule has 3 heterocycles. The predicted octanol–water partition coefficient (Wildman–Crippen LogP) is 3.29. The van der Waals surface area contributed by atoms with Crippen molar-refractivity contribution in [2.45, 2.75) is 20.1 Å². The Morgan fingerprint density at radius 3 is 2.92 bits per heavy atom. The van der Waals surface area contributed by atoms with E-state index in [1.165, 1.54) is 0 Å². The van der Waals surface area contributed by atoms with Crippen molar-refractivity contribution in [3.05, 3.63) is 70.8 Å². The summed E-state index contributed by atoms with van der Waals surface area (Å²) in [7, 11) is 0. The van der Waals surface area contributed by atoms with E-state index in [1.807, 2.05) is 38.1 Å². The van der Waals surface area contributed by atoms with Crippen LogP contribution in [0.1, 0.15) is 23.0 Å². The first kappa shape index (κ1) is 16.6. The van der Waals surface area contributed by atoms with Gasteiger partial charge in [-0.3, -0.25) is 0 Å². The zero-order chi connectivity index (χ0) is 18.3. The highest BCUT2D eigenvalue weighted by Gasteiger charge is 2.18. The van der Waals surface area contributed by atoms with Gasteiger partial charge in [-0.1, -0.05) is 17.7 Å². The second-order valence-corrected chi connectivity index (χ2v) is 6.48. The molecule has 26 heavy (non-hydrogen) atoms. The molecule has 2 N–H and O–H groups in total. The van der Waals surface area contributed by atoms with E-state index in [-0.39, 0.29) is 0 Å². The van der Waals surface area contributed by atoms with Crippen molar-refractivity contribution in [1.82, 2.24) is 24.4 Å². The summed E-state index contributed by atoms with van der Waals surface area (Å²) < 4.78 is 3.35. The number of anilines is 1. The Balaban J connectivity index is 1.72. The van der Waals surface area contributed by atoms with Crippen molar-refractivity contribution in [2.75, 3.05) is 5.32 Å². The minimum absolute atomic E-state index is 0.582. The first-order chi connectivity index (χ1) is 12.5. The van der Waals surface area contributed by atoms with Gasteiger partial charge in [0.25, 0.3) is 0 Å². The Kier molecular flexibility index (Phi) is 4.10. The molecule has 0 aliphatic rings. The summed E-state index contributed by atoms with van der Waals surface area (Å²) in [6, 6.07) is 9.26. The molecule has 0 aliphatic heterocycles. The summed E-state index contributed by atoms with van der Waals surface area (Å²) in [6.07, 6.45) is 4.05. The number of rotatable bonds is 4. The maximum atomic E-state index is 10.7. The molecular formula is C18H17ClN6O. The van der Waals surface area contributed by atoms with Crippen LogP contribution in [0.15, 0.2) is 48.9 Å². The van der Waals surface area contributed by atoms with E-state index in [0.717, 1.165) is 16.9 Å². The second kappa shape index (κ2) is 6.44. The van der Waals surface area contributed by atoms with E-state index in [2.05, 4.69) is 20.5 Å². The highest BCUT2D eigenvalue weighted by Crippen LogP contribution is 2.26. The van der Waals surface area contributed by atoms with Gasteiger partial charge in [0.2, 0.25) is 0 Å². The minimum Gasteiger partial charge on any atom is -0.369 e. The van der Waals surface area contributed by atoms with E-state index in [1.54, 1.807) is 33.9 Å². The van der Waals surface area contributed by atoms with Gasteiger partial charge in [0.05, 0.1) is 23.1 Å². The van der Waals surface area contributed by atoms with Crippen LogP contribution in [-0.2, 0) is 0 Å². The molecule has 1 aromatic carbocycles. The van der Waals surface area contributed by atoms with Crippen molar-refractivity contribution >= 4 is 23.1 Å². The molecule has 0 fully saturated rings. The van der Waals surface area contributed by atoms with Crippen LogP contribution in [0.4, 0.5) is 5.82 Å². The van der Waals surface area contributed by atoms with Gasteiger partial charge in [0.1, 0.15) is 5.82 Å². The van der Waals surface area contributed by atoms with Crippen LogP contribution in [0.3, 0.4) is 0 Å². The molecular weight excluding hydrogens is 352 g/mol. The third kappa shape index (κ3) is 2.91. The lowest BCUT2D eigenvalue weighted by molar-refractivity contribution is 0.208. The van der Waals surface area contributed by atoms with Gasteiger partial charge in [0.15, 0.2) is 11.9 Å². The number of aliphatic hydroxyl groups is 1. The Morgan fingerprint density at radius 2 is 2.08 bits per heavy atom. The monoisotopic (exact) mass is 368 g/mol. The molecule has 0 aliphatic carbocycles. The molecule has 4 aromatic rings. The summed E-state index contributed by atoms with van der Waals surface area (Å²) in [5, 5.41) is 23.1. The molecule has 1 unspecified atom stereocenters. The maximum absolute atomic E-state index is 10.7. The lowest BCUT2D eigenvalue weighted by atomic mass is 10.2. The highest BCUT2D eigenvalue weighted by atomic mass is 35.5. The van der Waals surface area contributed by atoms with Gasteiger partial charge in [-0.05, 0) is 37.6 Å². The van der Waals surface area contributed by atoms with Crippen LogP contribution in [0.2, 0.25) is 5.02 Å². The Bertz CT molecular complexity index is 1090. The molecule has 3 aromatic heterocycles. The third-order valence-electron chi connectivity index (χ3n) is 4.12. The maximum Gasteiger partial charge on any atom is 0.162 e. The van der Waals surface area contributed by atoms with E-state index in [9.17, 15) is 5.11 Å². The van der Waals surface area contributed by atoms with Crippen molar-refractivity contribution in [2.24, 2.45) is 0 Å². The van der Waals surface area contributed by atoms with Gasteiger partial charge >= 0.3 is 0 Å². The fourth-order valence-electron chi connectivity index (χ4n) is 2.85. The van der Waals surface area contributed by atoms with Crippen LogP contribution in [0.5, 0.6) is 0 Å². The fourth-order valence-corrected chi connectivity index (χ4v) is 3.02. The summed E-state index contributed by atoms with van der Waals surface area (Å²) in [5.41, 5.74) is 3.86. The molecule has 4 rings (SSSR count). The van der Waals surface area contributed by atoms with Crippen molar-refractivity contribution in [1.29, 1.82) is 0 Å². The first-order valence-corrected chi connectivity index (χ1v) is 8.47. The summed E-state index contributed by atoms with van der Waals surface area (Å²) in [4.78, 5) is 4.28. The smallest absolute Gasteiger partial charge is 0.162 e. The van der Waals surface area contributed by atoms with E-state index in [0.29, 0.717) is 22.1 Å². The average Bonchev–Trinajstić information content (AvgIpc) is 3.20. The Hall–Kier alpha value is -2.90. The summed E-state index contributed by atoms with van der Waals surface area (Å²) in [6.45, 7) is 3.88. The highest BCUT2D eigenvalue weighted by molar-refractivity contribution is 6.30. The third-order valence-corrected chi connectivity index (χ3v) is 4.35. The van der Waals surface area contributed by atoms with Gasteiger partial charge in [0, 0.05) is 23.5 Å². The van der Waals surface area contributed by atoms with Crippen LogP contribution in [0.25, 0.3) is 11.3 Å². The number of halogens is 1. The van der Waals surface area contributed by atoms with Gasteiger partial charge < -0.3 is 10.4 Å². The van der Waals surface area contributed by atoms with Gasteiger partial charge in [-0.15, -0.1) is 0 Å². The molecule has 7 nitrogen and oxygen atoms in total. The number of hydrogen-bond donors (Lipinski definition) is 2. The standard InChI is InChI=1S/C18H17ClN6O/c1-11-4-5-13(19)9-15(11)25-16(8-12(2)23-25)22-18(26)14-10-21-24-7-3-6-20-17(14)24/h3-10,18,22,26H,1-2H3. The molecule has 1 atom stereocenters. The second-order valence-electron chi connectivity index (χ2n) is 6.05. The number of benzene rings is 1. The zero-order valence-electron chi connectivity index (χ0n) is 14.3. The number of aliphatic hydroxyl groups excluding tert-OH is 1. The van der Waals surface area contributed by atoms with E-state index < -0.39 is 6.23 Å². The SMILES string of the molecule is Cc1cc(NC(O)c2cnn3cccnc23)n(-c2cc(Cl)ccc2C)n1. The molecule has 0 saturated heterocycles. The molecule has 0 saturated carbocycles. The topological polar surface area (TPSA) is 80.3 Å². The predicted molar refractivity (Wildman–Crippen MR) is 99.6 cm³/mol. The average molecular weight is 369 g/mol. The molecule has 0 bridgehead atoms. The van der Waals surface area contributed by atoms with Crippen molar-refractivity contribution in [3.63, 3.8) is 0 Å². The van der Waals surface area contributed by atoms with Crippen molar-refractivity contribution < 1.29 is 5.11 Å². The van der Waals surface area contributed by atoms with E-state index >= 15 is 0 Å². The molecule has 0 spiro atoms. The van der Waals surface area contributed by atoms with Crippen LogP contribution >= 0.6 is 11.6 Å². The number of hydrogen-bond acceptors (Lipinski definition) is 5. The lowest BCUT2D eigenvalue weighted by Gasteiger charge is -2.16. The largest absolute Gasteiger partial charge is 0.369 e. The Morgan fingerprint density at radius 1 is 1.23 bits per heavy atom. The number of nitrogens with one attached hydrogen (secondary N) is 1. The fraction of sp³-hybridized carbons (Fsp3) is 0.167. The first-order valence-electron chi connectivity index (χ1n) is 8.09. The Labute approximate surface area is 154 Å². The lowest BCUT2D eigenvalue weighted by Crippen LogP contribution is -2.13. The van der Waals surface area contributed by atoms with Crippen LogP contribution in [-0.4, -0.2) is 29.5 Å². The normalized spacial score (nSPS) is 12.5. The van der Waals surface area contributed by atoms with Crippen molar-refractivity contribution in [3.8, 4) is 5.69 Å². The molecule has 0 amide bonds. The zero-order valence-corrected chi connectivity index (χ0v) is 15.0.